The molecule has 3 nitrogen and oxygen atoms in total. The van der Waals surface area contributed by atoms with Crippen molar-refractivity contribution in [3.63, 3.8) is 0 Å². The zero-order valence-electron chi connectivity index (χ0n) is 6.84. The third-order valence-corrected chi connectivity index (χ3v) is 2.09. The van der Waals surface area contributed by atoms with Crippen molar-refractivity contribution in [3.8, 4) is 0 Å². The van der Waals surface area contributed by atoms with E-state index in [1.54, 1.807) is 0 Å². The first-order valence-electron chi connectivity index (χ1n) is 3.95. The van der Waals surface area contributed by atoms with Gasteiger partial charge in [-0.05, 0) is 12.8 Å². The van der Waals surface area contributed by atoms with Crippen LogP contribution >= 0.6 is 0 Å². The molecule has 13 heavy (non-hydrogen) atoms. The van der Waals surface area contributed by atoms with Gasteiger partial charge in [0.05, 0.1) is 12.6 Å². The average Bonchev–Trinajstić information content (AvgIpc) is 2.48. The van der Waals surface area contributed by atoms with Gasteiger partial charge in [-0.15, -0.1) is 0 Å². The van der Waals surface area contributed by atoms with Crippen LogP contribution in [0.1, 0.15) is 12.8 Å². The van der Waals surface area contributed by atoms with Crippen LogP contribution in [0.15, 0.2) is 0 Å². The van der Waals surface area contributed by atoms with Crippen LogP contribution in [0.4, 0.5) is 13.2 Å². The Labute approximate surface area is 73.1 Å². The highest BCUT2D eigenvalue weighted by Gasteiger charge is 2.45. The second-order valence-corrected chi connectivity index (χ2v) is 2.97. The van der Waals surface area contributed by atoms with Gasteiger partial charge in [0.1, 0.15) is 0 Å². The summed E-state index contributed by atoms with van der Waals surface area (Å²) in [7, 11) is 0. The second kappa shape index (κ2) is 3.53. The molecule has 1 N–H and O–H groups in total. The Hall–Kier alpha value is -0.780. The monoisotopic (exact) mass is 197 g/mol. The molecule has 0 aliphatic carbocycles. The van der Waals surface area contributed by atoms with E-state index in [4.69, 9.17) is 5.11 Å². The van der Waals surface area contributed by atoms with E-state index < -0.39 is 24.7 Å². The minimum absolute atomic E-state index is 0.0869. The summed E-state index contributed by atoms with van der Waals surface area (Å²) in [4.78, 5) is 11.4. The largest absolute Gasteiger partial charge is 0.471 e. The molecule has 1 fully saturated rings. The number of halogens is 3. The number of alkyl halides is 3. The fourth-order valence-corrected chi connectivity index (χ4v) is 1.46. The second-order valence-electron chi connectivity index (χ2n) is 2.97. The fraction of sp³-hybridized carbons (Fsp3) is 0.857. The summed E-state index contributed by atoms with van der Waals surface area (Å²) in [5.41, 5.74) is 0. The molecule has 0 aromatic heterocycles. The summed E-state index contributed by atoms with van der Waals surface area (Å²) in [6.45, 7) is -0.314. The number of likely N-dealkylation sites (tertiary alicyclic amines) is 1. The fourth-order valence-electron chi connectivity index (χ4n) is 1.46. The Morgan fingerprint density at radius 2 is 2.15 bits per heavy atom. The van der Waals surface area contributed by atoms with Gasteiger partial charge in [0.25, 0.3) is 0 Å². The molecule has 1 heterocycles. The molecular formula is C7H10F3NO2. The normalized spacial score (nSPS) is 23.7. The van der Waals surface area contributed by atoms with Crippen LogP contribution in [0, 0.1) is 0 Å². The molecule has 0 spiro atoms. The van der Waals surface area contributed by atoms with E-state index in [2.05, 4.69) is 0 Å². The number of aliphatic hydroxyl groups excluding tert-OH is 1. The molecule has 1 atom stereocenters. The number of carbonyl (C=O) groups is 1. The highest BCUT2D eigenvalue weighted by molar-refractivity contribution is 5.82. The first-order valence-corrected chi connectivity index (χ1v) is 3.95. The van der Waals surface area contributed by atoms with E-state index in [0.717, 1.165) is 0 Å². The standard InChI is InChI=1S/C7H10F3NO2/c8-7(9,10)6(13)11-3-1-2-5(11)4-12/h5,12H,1-4H2/t5-/m1/s1. The lowest BCUT2D eigenvalue weighted by Crippen LogP contribution is -2.45. The van der Waals surface area contributed by atoms with Crippen molar-refractivity contribution < 1.29 is 23.1 Å². The molecule has 1 rings (SSSR count). The van der Waals surface area contributed by atoms with Gasteiger partial charge in [-0.3, -0.25) is 4.79 Å². The van der Waals surface area contributed by atoms with Crippen LogP contribution in [0.2, 0.25) is 0 Å². The third kappa shape index (κ3) is 2.12. The van der Waals surface area contributed by atoms with Crippen molar-refractivity contribution >= 4 is 5.91 Å². The van der Waals surface area contributed by atoms with Crippen molar-refractivity contribution in [3.05, 3.63) is 0 Å². The van der Waals surface area contributed by atoms with Crippen molar-refractivity contribution in [2.75, 3.05) is 13.2 Å². The van der Waals surface area contributed by atoms with Gasteiger partial charge in [0, 0.05) is 6.54 Å². The molecule has 0 unspecified atom stereocenters. The van der Waals surface area contributed by atoms with E-state index in [1.165, 1.54) is 0 Å². The molecule has 76 valence electrons. The zero-order chi connectivity index (χ0) is 10.1. The van der Waals surface area contributed by atoms with Crippen LogP contribution in [0.25, 0.3) is 0 Å². The number of carbonyl (C=O) groups excluding carboxylic acids is 1. The van der Waals surface area contributed by atoms with Gasteiger partial charge in [-0.1, -0.05) is 0 Å². The number of hydrogen-bond acceptors (Lipinski definition) is 2. The van der Waals surface area contributed by atoms with Gasteiger partial charge in [-0.25, -0.2) is 0 Å². The quantitative estimate of drug-likeness (QED) is 0.666. The van der Waals surface area contributed by atoms with E-state index in [9.17, 15) is 18.0 Å². The SMILES string of the molecule is O=C(N1CCC[C@@H]1CO)C(F)(F)F. The summed E-state index contributed by atoms with van der Waals surface area (Å²) in [5.74, 6) is -1.84. The minimum atomic E-state index is -4.82. The summed E-state index contributed by atoms with van der Waals surface area (Å²) < 4.78 is 35.8. The maximum absolute atomic E-state index is 11.9. The maximum Gasteiger partial charge on any atom is 0.471 e. The molecule has 1 aliphatic heterocycles. The summed E-state index contributed by atoms with van der Waals surface area (Å²) >= 11 is 0. The van der Waals surface area contributed by atoms with E-state index in [1.807, 2.05) is 0 Å². The molecule has 1 aliphatic rings. The first kappa shape index (κ1) is 10.3. The number of aliphatic hydroxyl groups is 1. The van der Waals surface area contributed by atoms with Crippen LogP contribution < -0.4 is 0 Å². The highest BCUT2D eigenvalue weighted by atomic mass is 19.4. The molecule has 1 saturated heterocycles. The zero-order valence-corrected chi connectivity index (χ0v) is 6.84. The number of nitrogens with zero attached hydrogens (tertiary/aromatic N) is 1. The van der Waals surface area contributed by atoms with E-state index >= 15 is 0 Å². The molecule has 1 amide bonds. The lowest BCUT2D eigenvalue weighted by atomic mass is 10.2. The summed E-state index contributed by atoms with van der Waals surface area (Å²) in [5, 5.41) is 8.69. The lowest BCUT2D eigenvalue weighted by Gasteiger charge is -2.23. The maximum atomic E-state index is 11.9. The Morgan fingerprint density at radius 3 is 2.62 bits per heavy atom. The van der Waals surface area contributed by atoms with Gasteiger partial charge < -0.3 is 10.0 Å². The van der Waals surface area contributed by atoms with Crippen molar-refractivity contribution in [2.24, 2.45) is 0 Å². The Balaban J connectivity index is 2.66. The van der Waals surface area contributed by atoms with Crippen LogP contribution in [-0.2, 0) is 4.79 Å². The summed E-state index contributed by atoms with van der Waals surface area (Å²) in [6.07, 6.45) is -3.86. The summed E-state index contributed by atoms with van der Waals surface area (Å²) in [6, 6.07) is -0.658. The van der Waals surface area contributed by atoms with Gasteiger partial charge in [0.2, 0.25) is 0 Å². The Kier molecular flexibility index (Phi) is 2.80. The predicted octanol–water partition coefficient (Wildman–Crippen LogP) is 0.532. The van der Waals surface area contributed by atoms with Crippen molar-refractivity contribution in [1.82, 2.24) is 4.90 Å². The van der Waals surface area contributed by atoms with Crippen molar-refractivity contribution in [1.29, 1.82) is 0 Å². The van der Waals surface area contributed by atoms with Gasteiger partial charge >= 0.3 is 12.1 Å². The molecule has 0 radical (unpaired) electrons. The smallest absolute Gasteiger partial charge is 0.394 e. The van der Waals surface area contributed by atoms with Gasteiger partial charge in [0.15, 0.2) is 0 Å². The number of hydrogen-bond donors (Lipinski definition) is 1. The van der Waals surface area contributed by atoms with Crippen molar-refractivity contribution in [2.45, 2.75) is 25.1 Å². The minimum Gasteiger partial charge on any atom is -0.394 e. The lowest BCUT2D eigenvalue weighted by molar-refractivity contribution is -0.186. The topological polar surface area (TPSA) is 40.5 Å². The first-order chi connectivity index (χ1) is 5.96. The van der Waals surface area contributed by atoms with Crippen LogP contribution in [0.3, 0.4) is 0 Å². The molecule has 0 aromatic rings. The van der Waals surface area contributed by atoms with E-state index in [0.29, 0.717) is 17.7 Å². The molecule has 0 saturated carbocycles. The highest BCUT2D eigenvalue weighted by Crippen LogP contribution is 2.25. The average molecular weight is 197 g/mol. The van der Waals surface area contributed by atoms with Crippen LogP contribution in [0.5, 0.6) is 0 Å². The molecule has 0 bridgehead atoms. The molecule has 6 heteroatoms. The molecule has 0 aromatic carbocycles. The van der Waals surface area contributed by atoms with Gasteiger partial charge in [-0.2, -0.15) is 13.2 Å². The van der Waals surface area contributed by atoms with E-state index in [-0.39, 0.29) is 6.54 Å². The number of amides is 1. The van der Waals surface area contributed by atoms with Crippen LogP contribution in [-0.4, -0.2) is 41.3 Å². The Bertz CT molecular complexity index is 204. The third-order valence-electron chi connectivity index (χ3n) is 2.09. The predicted molar refractivity (Wildman–Crippen MR) is 37.9 cm³/mol. The Morgan fingerprint density at radius 1 is 1.54 bits per heavy atom. The number of rotatable bonds is 1. The molecular weight excluding hydrogens is 187 g/mol.